The highest BCUT2D eigenvalue weighted by atomic mass is 35.5. The van der Waals surface area contributed by atoms with E-state index in [-0.39, 0.29) is 24.2 Å². The van der Waals surface area contributed by atoms with Crippen molar-refractivity contribution < 1.29 is 10.2 Å². The molecule has 1 aliphatic heterocycles. The maximum Gasteiger partial charge on any atom is 0.115 e. The van der Waals surface area contributed by atoms with Gasteiger partial charge in [-0.1, -0.05) is 72.8 Å². The van der Waals surface area contributed by atoms with Gasteiger partial charge in [0.1, 0.15) is 5.75 Å². The van der Waals surface area contributed by atoms with E-state index in [9.17, 15) is 10.2 Å². The third-order valence-electron chi connectivity index (χ3n) is 5.71. The van der Waals surface area contributed by atoms with Crippen molar-refractivity contribution in [2.45, 2.75) is 12.1 Å². The van der Waals surface area contributed by atoms with Crippen molar-refractivity contribution in [1.29, 1.82) is 0 Å². The summed E-state index contributed by atoms with van der Waals surface area (Å²) in [4.78, 5) is 4.86. The molecule has 158 valence electrons. The van der Waals surface area contributed by atoms with Crippen LogP contribution in [-0.2, 0) is 0 Å². The molecule has 0 bridgehead atoms. The Kier molecular flexibility index (Phi) is 7.88. The molecule has 5 heteroatoms. The Morgan fingerprint density at radius 3 is 1.67 bits per heavy atom. The first-order chi connectivity index (χ1) is 14.2. The summed E-state index contributed by atoms with van der Waals surface area (Å²) < 4.78 is 0. The molecule has 2 N–H and O–H groups in total. The molecule has 1 aliphatic rings. The number of benzene rings is 3. The molecule has 4 nitrogen and oxygen atoms in total. The van der Waals surface area contributed by atoms with Crippen LogP contribution < -0.4 is 0 Å². The van der Waals surface area contributed by atoms with Gasteiger partial charge in [0.25, 0.3) is 0 Å². The zero-order valence-electron chi connectivity index (χ0n) is 17.0. The van der Waals surface area contributed by atoms with E-state index in [4.69, 9.17) is 0 Å². The number of phenols is 1. The third-order valence-corrected chi connectivity index (χ3v) is 5.71. The van der Waals surface area contributed by atoms with Gasteiger partial charge in [0, 0.05) is 32.7 Å². The second-order valence-electron chi connectivity index (χ2n) is 7.67. The number of rotatable bonds is 6. The molecule has 1 heterocycles. The predicted molar refractivity (Wildman–Crippen MR) is 123 cm³/mol. The summed E-state index contributed by atoms with van der Waals surface area (Å²) in [5.41, 5.74) is 3.48. The molecule has 3 aromatic carbocycles. The largest absolute Gasteiger partial charge is 0.508 e. The van der Waals surface area contributed by atoms with E-state index in [0.717, 1.165) is 31.7 Å². The van der Waals surface area contributed by atoms with Crippen molar-refractivity contribution >= 4 is 12.4 Å². The summed E-state index contributed by atoms with van der Waals surface area (Å²) in [5, 5.41) is 20.0. The molecule has 4 rings (SSSR count). The maximum atomic E-state index is 10.6. The zero-order valence-corrected chi connectivity index (χ0v) is 17.8. The highest BCUT2D eigenvalue weighted by Crippen LogP contribution is 2.29. The fourth-order valence-electron chi connectivity index (χ4n) is 4.14. The van der Waals surface area contributed by atoms with Crippen LogP contribution in [-0.4, -0.2) is 52.7 Å². The summed E-state index contributed by atoms with van der Waals surface area (Å²) >= 11 is 0. The van der Waals surface area contributed by atoms with Gasteiger partial charge in [-0.05, 0) is 28.8 Å². The lowest BCUT2D eigenvalue weighted by atomic mass is 9.96. The van der Waals surface area contributed by atoms with E-state index in [1.54, 1.807) is 24.3 Å². The Morgan fingerprint density at radius 1 is 0.667 bits per heavy atom. The lowest BCUT2D eigenvalue weighted by Gasteiger charge is -2.40. The Hall–Kier alpha value is -2.37. The summed E-state index contributed by atoms with van der Waals surface area (Å²) in [6.45, 7) is 4.37. The number of nitrogens with zero attached hydrogens (tertiary/aromatic N) is 2. The monoisotopic (exact) mass is 424 g/mol. The zero-order chi connectivity index (χ0) is 20.1. The average molecular weight is 425 g/mol. The summed E-state index contributed by atoms with van der Waals surface area (Å²) in [6, 6.07) is 28.5. The lowest BCUT2D eigenvalue weighted by molar-refractivity contribution is 0.0623. The van der Waals surface area contributed by atoms with Gasteiger partial charge in [-0.25, -0.2) is 0 Å². The van der Waals surface area contributed by atoms with Gasteiger partial charge in [0.05, 0.1) is 12.1 Å². The molecular weight excluding hydrogens is 396 g/mol. The highest BCUT2D eigenvalue weighted by molar-refractivity contribution is 5.85. The number of aromatic hydroxyl groups is 1. The van der Waals surface area contributed by atoms with Crippen molar-refractivity contribution in [3.05, 3.63) is 102 Å². The van der Waals surface area contributed by atoms with Crippen LogP contribution >= 0.6 is 12.4 Å². The van der Waals surface area contributed by atoms with Gasteiger partial charge in [-0.2, -0.15) is 0 Å². The van der Waals surface area contributed by atoms with E-state index in [1.165, 1.54) is 11.1 Å². The first-order valence-corrected chi connectivity index (χ1v) is 10.2. The van der Waals surface area contributed by atoms with Gasteiger partial charge in [0.15, 0.2) is 0 Å². The Bertz CT molecular complexity index is 843. The van der Waals surface area contributed by atoms with Crippen molar-refractivity contribution in [3.63, 3.8) is 0 Å². The van der Waals surface area contributed by atoms with Gasteiger partial charge in [0.2, 0.25) is 0 Å². The standard InChI is InChI=1S/C25H28N2O2.ClH/c28-23-13-11-20(12-14-23)24(29)19-26-15-17-27(18-16-26)25(21-7-3-1-4-8-21)22-9-5-2-6-10-22;/h1-14,24-25,28-29H,15-19H2;1H. The molecule has 0 saturated carbocycles. The minimum absolute atomic E-state index is 0. The molecule has 0 radical (unpaired) electrons. The van der Waals surface area contributed by atoms with Gasteiger partial charge in [-0.3, -0.25) is 9.80 Å². The van der Waals surface area contributed by atoms with Crippen LogP contribution in [0.1, 0.15) is 28.8 Å². The smallest absolute Gasteiger partial charge is 0.115 e. The molecule has 3 aromatic rings. The number of piperazine rings is 1. The molecule has 0 spiro atoms. The Morgan fingerprint density at radius 2 is 1.17 bits per heavy atom. The molecule has 0 aromatic heterocycles. The van der Waals surface area contributed by atoms with E-state index >= 15 is 0 Å². The van der Waals surface area contributed by atoms with Gasteiger partial charge >= 0.3 is 0 Å². The number of hydrogen-bond acceptors (Lipinski definition) is 4. The van der Waals surface area contributed by atoms with Crippen LogP contribution in [0.15, 0.2) is 84.9 Å². The van der Waals surface area contributed by atoms with E-state index in [1.807, 2.05) is 0 Å². The van der Waals surface area contributed by atoms with E-state index < -0.39 is 6.10 Å². The van der Waals surface area contributed by atoms with Crippen LogP contribution in [0, 0.1) is 0 Å². The lowest BCUT2D eigenvalue weighted by Crippen LogP contribution is -2.48. The van der Waals surface area contributed by atoms with E-state index in [2.05, 4.69) is 70.5 Å². The third kappa shape index (κ3) is 5.41. The fourth-order valence-corrected chi connectivity index (χ4v) is 4.14. The van der Waals surface area contributed by atoms with Crippen molar-refractivity contribution in [2.24, 2.45) is 0 Å². The molecule has 1 saturated heterocycles. The highest BCUT2D eigenvalue weighted by Gasteiger charge is 2.27. The van der Waals surface area contributed by atoms with Gasteiger partial charge in [-0.15, -0.1) is 12.4 Å². The number of phenolic OH excluding ortho intramolecular Hbond substituents is 1. The van der Waals surface area contributed by atoms with Crippen LogP contribution in [0.4, 0.5) is 0 Å². The average Bonchev–Trinajstić information content (AvgIpc) is 2.77. The van der Waals surface area contributed by atoms with Crippen LogP contribution in [0.25, 0.3) is 0 Å². The maximum absolute atomic E-state index is 10.6. The topological polar surface area (TPSA) is 46.9 Å². The van der Waals surface area contributed by atoms with Crippen LogP contribution in [0.5, 0.6) is 5.75 Å². The Labute approximate surface area is 184 Å². The SMILES string of the molecule is Cl.Oc1ccc(C(O)CN2CCN(C(c3ccccc3)c3ccccc3)CC2)cc1. The number of hydrogen-bond donors (Lipinski definition) is 2. The first-order valence-electron chi connectivity index (χ1n) is 10.2. The number of β-amino-alcohol motifs (C(OH)–C–C–N with tert-alkyl or cyclic N) is 1. The second kappa shape index (κ2) is 10.6. The first kappa shape index (κ1) is 22.3. The van der Waals surface area contributed by atoms with Crippen molar-refractivity contribution in [3.8, 4) is 5.75 Å². The van der Waals surface area contributed by atoms with Crippen LogP contribution in [0.3, 0.4) is 0 Å². The fraction of sp³-hybridized carbons (Fsp3) is 0.280. The molecule has 1 atom stereocenters. The quantitative estimate of drug-likeness (QED) is 0.620. The predicted octanol–water partition coefficient (Wildman–Crippen LogP) is 4.25. The summed E-state index contributed by atoms with van der Waals surface area (Å²) in [6.07, 6.45) is -0.541. The molecule has 30 heavy (non-hydrogen) atoms. The summed E-state index contributed by atoms with van der Waals surface area (Å²) in [7, 11) is 0. The van der Waals surface area contributed by atoms with Gasteiger partial charge < -0.3 is 10.2 Å². The molecule has 0 aliphatic carbocycles. The number of aliphatic hydroxyl groups excluding tert-OH is 1. The minimum atomic E-state index is -0.541. The van der Waals surface area contributed by atoms with E-state index in [0.29, 0.717) is 6.54 Å². The Balaban J connectivity index is 0.00000256. The minimum Gasteiger partial charge on any atom is -0.508 e. The summed E-state index contributed by atoms with van der Waals surface area (Å²) in [5.74, 6) is 0.224. The molecule has 1 fully saturated rings. The second-order valence-corrected chi connectivity index (χ2v) is 7.67. The normalized spacial score (nSPS) is 16.2. The number of halogens is 1. The van der Waals surface area contributed by atoms with Crippen LogP contribution in [0.2, 0.25) is 0 Å². The molecule has 0 amide bonds. The van der Waals surface area contributed by atoms with Crippen molar-refractivity contribution in [2.75, 3.05) is 32.7 Å². The number of aliphatic hydroxyl groups is 1. The molecular formula is C25H29ClN2O2. The molecule has 1 unspecified atom stereocenters. The van der Waals surface area contributed by atoms with Crippen molar-refractivity contribution in [1.82, 2.24) is 9.80 Å².